The lowest BCUT2D eigenvalue weighted by atomic mass is 10.2. The number of nitrogens with one attached hydrogen (secondary N) is 1. The Hall–Kier alpha value is -3.10. The number of halogens is 2. The number of carbonyl (C=O) groups excluding carboxylic acids is 1. The summed E-state index contributed by atoms with van der Waals surface area (Å²) < 4.78 is 9.03. The van der Waals surface area contributed by atoms with E-state index in [0.717, 1.165) is 11.3 Å². The molecule has 0 bridgehead atoms. The van der Waals surface area contributed by atoms with Gasteiger partial charge in [-0.25, -0.2) is 4.68 Å². The molecular formula is C20H18Cl2N6O2. The summed E-state index contributed by atoms with van der Waals surface area (Å²) in [5, 5.41) is 16.6. The van der Waals surface area contributed by atoms with E-state index in [1.165, 1.54) is 0 Å². The highest BCUT2D eigenvalue weighted by atomic mass is 35.5. The Balaban J connectivity index is 1.54. The molecule has 0 saturated carbocycles. The first kappa shape index (κ1) is 20.2. The molecule has 4 aromatic rings. The van der Waals surface area contributed by atoms with E-state index < -0.39 is 0 Å². The van der Waals surface area contributed by atoms with Crippen LogP contribution in [0.1, 0.15) is 21.7 Å². The Labute approximate surface area is 182 Å². The van der Waals surface area contributed by atoms with Gasteiger partial charge >= 0.3 is 0 Å². The minimum Gasteiger partial charge on any atom is -0.486 e. The zero-order valence-electron chi connectivity index (χ0n) is 16.3. The fraction of sp³-hybridized carbons (Fsp3) is 0.200. The third kappa shape index (κ3) is 3.96. The van der Waals surface area contributed by atoms with Crippen molar-refractivity contribution in [2.24, 2.45) is 14.1 Å². The number of hydrogen-bond acceptors (Lipinski definition) is 5. The molecule has 0 spiro atoms. The van der Waals surface area contributed by atoms with Crippen LogP contribution in [-0.2, 0) is 27.2 Å². The number of hydrogen-bond donors (Lipinski definition) is 1. The number of aryl methyl sites for hydroxylation is 2. The predicted octanol–water partition coefficient (Wildman–Crippen LogP) is 3.52. The molecule has 0 unspecified atom stereocenters. The van der Waals surface area contributed by atoms with Crippen molar-refractivity contribution < 1.29 is 9.53 Å². The van der Waals surface area contributed by atoms with Gasteiger partial charge in [0.05, 0.1) is 17.4 Å². The van der Waals surface area contributed by atoms with Crippen LogP contribution >= 0.6 is 23.2 Å². The minimum absolute atomic E-state index is 0.265. The second-order valence-electron chi connectivity index (χ2n) is 6.69. The molecule has 4 rings (SSSR count). The maximum Gasteiger partial charge on any atom is 0.272 e. The molecule has 1 N–H and O–H groups in total. The summed E-state index contributed by atoms with van der Waals surface area (Å²) in [7, 11) is 3.52. The van der Waals surface area contributed by atoms with Gasteiger partial charge in [-0.1, -0.05) is 40.5 Å². The van der Waals surface area contributed by atoms with E-state index in [0.29, 0.717) is 38.9 Å². The molecule has 0 saturated heterocycles. The summed E-state index contributed by atoms with van der Waals surface area (Å²) in [4.78, 5) is 12.7. The maximum atomic E-state index is 12.7. The van der Waals surface area contributed by atoms with E-state index in [1.807, 2.05) is 12.1 Å². The average molecular weight is 445 g/mol. The van der Waals surface area contributed by atoms with E-state index in [4.69, 9.17) is 27.9 Å². The molecule has 1 amide bonds. The molecule has 0 aliphatic carbocycles. The molecule has 0 aliphatic rings. The maximum absolute atomic E-state index is 12.7. The quantitative estimate of drug-likeness (QED) is 0.491. The highest BCUT2D eigenvalue weighted by molar-refractivity contribution is 6.37. The summed E-state index contributed by atoms with van der Waals surface area (Å²) >= 11 is 12.5. The molecule has 2 aromatic carbocycles. The fourth-order valence-electron chi connectivity index (χ4n) is 3.05. The highest BCUT2D eigenvalue weighted by Crippen LogP contribution is 2.34. The predicted molar refractivity (Wildman–Crippen MR) is 114 cm³/mol. The summed E-state index contributed by atoms with van der Waals surface area (Å²) in [6, 6.07) is 10.8. The zero-order valence-corrected chi connectivity index (χ0v) is 17.8. The lowest BCUT2D eigenvalue weighted by Crippen LogP contribution is -2.23. The van der Waals surface area contributed by atoms with E-state index in [-0.39, 0.29) is 12.5 Å². The van der Waals surface area contributed by atoms with Gasteiger partial charge in [-0.15, -0.1) is 5.10 Å². The smallest absolute Gasteiger partial charge is 0.272 e. The summed E-state index contributed by atoms with van der Waals surface area (Å²) in [5.74, 6) is 0.197. The topological polar surface area (TPSA) is 86.9 Å². The number of rotatable bonds is 6. The van der Waals surface area contributed by atoms with Crippen LogP contribution in [0.5, 0.6) is 5.75 Å². The van der Waals surface area contributed by atoms with Gasteiger partial charge in [0.1, 0.15) is 17.4 Å². The van der Waals surface area contributed by atoms with Crippen LogP contribution in [0.25, 0.3) is 10.9 Å². The molecule has 2 aromatic heterocycles. The lowest BCUT2D eigenvalue weighted by molar-refractivity contribution is 0.0946. The number of amides is 1. The van der Waals surface area contributed by atoms with Gasteiger partial charge in [-0.05, 0) is 29.8 Å². The van der Waals surface area contributed by atoms with Crippen LogP contribution < -0.4 is 10.1 Å². The molecule has 2 heterocycles. The van der Waals surface area contributed by atoms with E-state index in [1.54, 1.807) is 53.9 Å². The van der Waals surface area contributed by atoms with Crippen molar-refractivity contribution in [2.45, 2.75) is 13.2 Å². The molecule has 0 aliphatic heterocycles. The van der Waals surface area contributed by atoms with E-state index in [2.05, 4.69) is 20.7 Å². The first-order chi connectivity index (χ1) is 14.4. The molecule has 10 heteroatoms. The summed E-state index contributed by atoms with van der Waals surface area (Å²) in [6.07, 6.45) is 1.62. The average Bonchev–Trinajstić information content (AvgIpc) is 3.30. The van der Waals surface area contributed by atoms with E-state index in [9.17, 15) is 4.79 Å². The normalized spacial score (nSPS) is 11.1. The van der Waals surface area contributed by atoms with Crippen LogP contribution in [0, 0.1) is 0 Å². The Morgan fingerprint density at radius 1 is 1.10 bits per heavy atom. The second kappa shape index (κ2) is 8.33. The fourth-order valence-corrected chi connectivity index (χ4v) is 3.52. The van der Waals surface area contributed by atoms with Gasteiger partial charge in [0.25, 0.3) is 5.91 Å². The Bertz CT molecular complexity index is 1220. The largest absolute Gasteiger partial charge is 0.486 e. The van der Waals surface area contributed by atoms with Crippen LogP contribution in [0.4, 0.5) is 0 Å². The number of aromatic nitrogens is 5. The number of fused-ring (bicyclic) bond motifs is 1. The minimum atomic E-state index is -0.291. The van der Waals surface area contributed by atoms with Crippen molar-refractivity contribution in [3.05, 3.63) is 69.6 Å². The summed E-state index contributed by atoms with van der Waals surface area (Å²) in [5.41, 5.74) is 2.66. The molecule has 8 nitrogen and oxygen atoms in total. The van der Waals surface area contributed by atoms with Crippen molar-refractivity contribution in [1.82, 2.24) is 30.1 Å². The molecular weight excluding hydrogens is 427 g/mol. The number of ether oxygens (including phenoxy) is 1. The number of benzene rings is 2. The van der Waals surface area contributed by atoms with Crippen LogP contribution in [0.3, 0.4) is 0 Å². The van der Waals surface area contributed by atoms with Gasteiger partial charge in [0.2, 0.25) is 0 Å². The first-order valence-corrected chi connectivity index (χ1v) is 9.84. The van der Waals surface area contributed by atoms with Crippen molar-refractivity contribution in [3.8, 4) is 5.75 Å². The zero-order chi connectivity index (χ0) is 21.3. The Morgan fingerprint density at radius 2 is 1.87 bits per heavy atom. The molecule has 154 valence electrons. The van der Waals surface area contributed by atoms with Crippen LogP contribution in [0.15, 0.2) is 42.6 Å². The third-order valence-corrected chi connectivity index (χ3v) is 5.29. The number of carbonyl (C=O) groups is 1. The second-order valence-corrected chi connectivity index (χ2v) is 7.51. The van der Waals surface area contributed by atoms with Gasteiger partial charge in [0, 0.05) is 31.0 Å². The lowest BCUT2D eigenvalue weighted by Gasteiger charge is -2.09. The third-order valence-electron chi connectivity index (χ3n) is 4.67. The van der Waals surface area contributed by atoms with Gasteiger partial charge in [-0.3, -0.25) is 9.48 Å². The van der Waals surface area contributed by atoms with Crippen LogP contribution in [0.2, 0.25) is 10.0 Å². The number of nitrogens with zero attached hydrogens (tertiary/aromatic N) is 5. The monoisotopic (exact) mass is 444 g/mol. The Morgan fingerprint density at radius 3 is 2.57 bits per heavy atom. The van der Waals surface area contributed by atoms with Crippen molar-refractivity contribution in [3.63, 3.8) is 0 Å². The van der Waals surface area contributed by atoms with Crippen molar-refractivity contribution in [1.29, 1.82) is 0 Å². The molecule has 0 fully saturated rings. The molecule has 0 radical (unpaired) electrons. The molecule has 30 heavy (non-hydrogen) atoms. The molecule has 0 atom stereocenters. The SMILES string of the molecule is Cn1nncc1COc1ccc2c(C(=O)NCc3ccc(Cl)cc3)nn(C)c2c1Cl. The van der Waals surface area contributed by atoms with Crippen LogP contribution in [-0.4, -0.2) is 30.7 Å². The summed E-state index contributed by atoms with van der Waals surface area (Å²) in [6.45, 7) is 0.628. The van der Waals surface area contributed by atoms with Crippen molar-refractivity contribution in [2.75, 3.05) is 0 Å². The van der Waals surface area contributed by atoms with E-state index >= 15 is 0 Å². The van der Waals surface area contributed by atoms with Gasteiger partial charge in [0.15, 0.2) is 5.69 Å². The Kier molecular flexibility index (Phi) is 5.61. The van der Waals surface area contributed by atoms with Gasteiger partial charge in [-0.2, -0.15) is 5.10 Å². The van der Waals surface area contributed by atoms with Gasteiger partial charge < -0.3 is 10.1 Å². The standard InChI is InChI=1S/C20H18Cl2N6O2/c1-27-14(10-24-26-27)11-30-16-8-7-15-18(25-28(2)19(15)17(16)22)20(29)23-9-12-3-5-13(21)6-4-12/h3-8,10H,9,11H2,1-2H3,(H,23,29). The first-order valence-electron chi connectivity index (χ1n) is 9.08. The highest BCUT2D eigenvalue weighted by Gasteiger charge is 2.20. The van der Waals surface area contributed by atoms with Crippen molar-refractivity contribution >= 4 is 40.0 Å².